The molecule has 152 valence electrons. The minimum absolute atomic E-state index is 0.0120. The molecule has 1 N–H and O–H groups in total. The number of rotatable bonds is 5. The molecule has 0 aromatic heterocycles. The monoisotopic (exact) mass is 381 g/mol. The van der Waals surface area contributed by atoms with Gasteiger partial charge in [-0.25, -0.2) is 9.80 Å². The van der Waals surface area contributed by atoms with E-state index < -0.39 is 0 Å². The van der Waals surface area contributed by atoms with Crippen LogP contribution in [0.25, 0.3) is 0 Å². The van der Waals surface area contributed by atoms with Crippen LogP contribution in [0.4, 0.5) is 4.79 Å². The standard InChI is InChI=1S/C24H35N3O/c1-5-6-12-20-19(17-10-8-7-9-11-17)16-27(26-20)22(28)25-21-15-18-13-14-24(21,4)23(18,2)3/h7-11,18-19,21H,5-6,12-16H2,1-4H3,(H,25,28)/t18-,19?,21+,24-/m0/s1. The van der Waals surface area contributed by atoms with Gasteiger partial charge in [0, 0.05) is 17.7 Å². The van der Waals surface area contributed by atoms with Crippen LogP contribution < -0.4 is 5.32 Å². The Labute approximate surface area is 169 Å². The highest BCUT2D eigenvalue weighted by Gasteiger charge is 2.61. The molecule has 2 amide bonds. The highest BCUT2D eigenvalue weighted by Crippen LogP contribution is 2.65. The van der Waals surface area contributed by atoms with Gasteiger partial charge in [0.15, 0.2) is 0 Å². The fourth-order valence-electron chi connectivity index (χ4n) is 5.88. The van der Waals surface area contributed by atoms with Crippen LogP contribution in [0.15, 0.2) is 35.4 Å². The second-order valence-corrected chi connectivity index (χ2v) is 9.85. The normalized spacial score (nSPS) is 33.2. The number of hydrogen-bond donors (Lipinski definition) is 1. The Kier molecular flexibility index (Phi) is 5.01. The average Bonchev–Trinajstić information content (AvgIpc) is 3.27. The van der Waals surface area contributed by atoms with E-state index in [0.29, 0.717) is 12.0 Å². The third-order valence-electron chi connectivity index (χ3n) is 8.32. The summed E-state index contributed by atoms with van der Waals surface area (Å²) in [5.74, 6) is 0.951. The molecule has 1 heterocycles. The van der Waals surface area contributed by atoms with Gasteiger partial charge in [0.2, 0.25) is 0 Å². The second kappa shape index (κ2) is 7.20. The molecule has 0 spiro atoms. The number of unbranched alkanes of at least 4 members (excludes halogenated alkanes) is 1. The quantitative estimate of drug-likeness (QED) is 0.713. The van der Waals surface area contributed by atoms with Crippen molar-refractivity contribution >= 4 is 11.7 Å². The van der Waals surface area contributed by atoms with Gasteiger partial charge in [-0.1, -0.05) is 64.4 Å². The molecule has 2 saturated carbocycles. The van der Waals surface area contributed by atoms with E-state index in [1.807, 2.05) is 6.07 Å². The van der Waals surface area contributed by atoms with E-state index in [-0.39, 0.29) is 23.4 Å². The molecule has 4 nitrogen and oxygen atoms in total. The molecule has 2 fully saturated rings. The van der Waals surface area contributed by atoms with E-state index >= 15 is 0 Å². The number of urea groups is 1. The van der Waals surface area contributed by atoms with E-state index in [4.69, 9.17) is 5.10 Å². The van der Waals surface area contributed by atoms with Crippen LogP contribution in [0, 0.1) is 16.7 Å². The molecular formula is C24H35N3O. The lowest BCUT2D eigenvalue weighted by Crippen LogP contribution is -2.50. The van der Waals surface area contributed by atoms with Crippen LogP contribution in [0.3, 0.4) is 0 Å². The second-order valence-electron chi connectivity index (χ2n) is 9.85. The van der Waals surface area contributed by atoms with E-state index in [1.165, 1.54) is 18.4 Å². The van der Waals surface area contributed by atoms with Gasteiger partial charge in [-0.05, 0) is 54.4 Å². The number of nitrogens with one attached hydrogen (secondary N) is 1. The molecule has 0 radical (unpaired) electrons. The average molecular weight is 382 g/mol. The smallest absolute Gasteiger partial charge is 0.333 e. The summed E-state index contributed by atoms with van der Waals surface area (Å²) in [6.45, 7) is 10.0. The number of nitrogens with zero attached hydrogens (tertiary/aromatic N) is 2. The minimum Gasteiger partial charge on any atom is -0.333 e. The van der Waals surface area contributed by atoms with Gasteiger partial charge in [0.1, 0.15) is 0 Å². The van der Waals surface area contributed by atoms with Crippen LogP contribution in [-0.2, 0) is 0 Å². The van der Waals surface area contributed by atoms with Gasteiger partial charge in [-0.3, -0.25) is 0 Å². The first-order chi connectivity index (χ1) is 13.4. The predicted octanol–water partition coefficient (Wildman–Crippen LogP) is 5.56. The molecule has 4 rings (SSSR count). The van der Waals surface area contributed by atoms with Crippen LogP contribution in [0.1, 0.15) is 77.7 Å². The highest BCUT2D eigenvalue weighted by atomic mass is 16.2. The molecule has 1 aromatic carbocycles. The summed E-state index contributed by atoms with van der Waals surface area (Å²) in [6.07, 6.45) is 6.85. The van der Waals surface area contributed by atoms with E-state index in [9.17, 15) is 4.79 Å². The Morgan fingerprint density at radius 1 is 1.25 bits per heavy atom. The van der Waals surface area contributed by atoms with Gasteiger partial charge in [-0.2, -0.15) is 5.10 Å². The molecule has 28 heavy (non-hydrogen) atoms. The van der Waals surface area contributed by atoms with Gasteiger partial charge in [-0.15, -0.1) is 0 Å². The molecule has 2 bridgehead atoms. The van der Waals surface area contributed by atoms with Gasteiger partial charge >= 0.3 is 6.03 Å². The van der Waals surface area contributed by atoms with Crippen molar-refractivity contribution in [1.82, 2.24) is 10.3 Å². The summed E-state index contributed by atoms with van der Waals surface area (Å²) in [6, 6.07) is 10.8. The Balaban J connectivity index is 1.48. The van der Waals surface area contributed by atoms with Crippen LogP contribution in [0.2, 0.25) is 0 Å². The van der Waals surface area contributed by atoms with E-state index in [2.05, 4.69) is 57.3 Å². The van der Waals surface area contributed by atoms with Crippen molar-refractivity contribution in [2.45, 2.75) is 78.2 Å². The molecule has 3 aliphatic rings. The van der Waals surface area contributed by atoms with Crippen molar-refractivity contribution in [1.29, 1.82) is 0 Å². The Morgan fingerprint density at radius 3 is 2.61 bits per heavy atom. The van der Waals surface area contributed by atoms with Gasteiger partial charge in [0.05, 0.1) is 6.54 Å². The van der Waals surface area contributed by atoms with Crippen molar-refractivity contribution in [3.63, 3.8) is 0 Å². The maximum Gasteiger partial charge on any atom is 0.338 e. The first-order valence-corrected chi connectivity index (χ1v) is 11.1. The van der Waals surface area contributed by atoms with E-state index in [0.717, 1.165) is 37.3 Å². The predicted molar refractivity (Wildman–Crippen MR) is 114 cm³/mol. The maximum absolute atomic E-state index is 13.1. The van der Waals surface area contributed by atoms with Gasteiger partial charge in [0.25, 0.3) is 0 Å². The number of carbonyl (C=O) groups is 1. The molecule has 1 unspecified atom stereocenters. The van der Waals surface area contributed by atoms with Crippen molar-refractivity contribution < 1.29 is 4.79 Å². The third-order valence-corrected chi connectivity index (χ3v) is 8.32. The molecule has 4 atom stereocenters. The zero-order valence-corrected chi connectivity index (χ0v) is 17.9. The Hall–Kier alpha value is -1.84. The number of amides is 2. The topological polar surface area (TPSA) is 44.7 Å². The Morgan fingerprint density at radius 2 is 2.00 bits per heavy atom. The van der Waals surface area contributed by atoms with Crippen LogP contribution in [0.5, 0.6) is 0 Å². The molecule has 4 heteroatoms. The summed E-state index contributed by atoms with van der Waals surface area (Å²) in [4.78, 5) is 13.1. The lowest BCUT2D eigenvalue weighted by molar-refractivity contribution is 0.118. The minimum atomic E-state index is -0.0120. The highest BCUT2D eigenvalue weighted by molar-refractivity contribution is 5.94. The maximum atomic E-state index is 13.1. The van der Waals surface area contributed by atoms with Crippen molar-refractivity contribution in [3.05, 3.63) is 35.9 Å². The summed E-state index contributed by atoms with van der Waals surface area (Å²) in [5, 5.41) is 9.86. The lowest BCUT2D eigenvalue weighted by Gasteiger charge is -2.39. The van der Waals surface area contributed by atoms with Crippen LogP contribution >= 0.6 is 0 Å². The number of hydrogen-bond acceptors (Lipinski definition) is 2. The lowest BCUT2D eigenvalue weighted by atomic mass is 9.69. The SMILES string of the molecule is CCCCC1=NN(C(=O)N[C@@H]2C[C@@H]3CC[C@]2(C)C3(C)C)CC1c1ccccc1. The third kappa shape index (κ3) is 3.05. The summed E-state index contributed by atoms with van der Waals surface area (Å²) in [7, 11) is 0. The zero-order chi connectivity index (χ0) is 19.9. The summed E-state index contributed by atoms with van der Waals surface area (Å²) in [5.41, 5.74) is 2.92. The largest absolute Gasteiger partial charge is 0.338 e. The first kappa shape index (κ1) is 19.5. The number of carbonyl (C=O) groups excluding carboxylic acids is 1. The van der Waals surface area contributed by atoms with Crippen molar-refractivity contribution in [2.75, 3.05) is 6.54 Å². The molecule has 1 aliphatic heterocycles. The zero-order valence-electron chi connectivity index (χ0n) is 17.9. The number of benzene rings is 1. The molecule has 2 aliphatic carbocycles. The Bertz CT molecular complexity index is 756. The summed E-state index contributed by atoms with van der Waals surface area (Å²) >= 11 is 0. The molecular weight excluding hydrogens is 346 g/mol. The number of hydrazone groups is 1. The fourth-order valence-corrected chi connectivity index (χ4v) is 5.88. The molecule has 1 aromatic rings. The first-order valence-electron chi connectivity index (χ1n) is 11.1. The fraction of sp³-hybridized carbons (Fsp3) is 0.667. The van der Waals surface area contributed by atoms with Crippen LogP contribution in [-0.4, -0.2) is 29.3 Å². The van der Waals surface area contributed by atoms with E-state index in [1.54, 1.807) is 5.01 Å². The summed E-state index contributed by atoms with van der Waals surface area (Å²) < 4.78 is 0. The number of fused-ring (bicyclic) bond motifs is 2. The molecule has 0 saturated heterocycles. The van der Waals surface area contributed by atoms with Crippen molar-refractivity contribution in [3.8, 4) is 0 Å². The van der Waals surface area contributed by atoms with Crippen molar-refractivity contribution in [2.24, 2.45) is 21.8 Å². The van der Waals surface area contributed by atoms with Gasteiger partial charge < -0.3 is 5.32 Å².